The van der Waals surface area contributed by atoms with E-state index >= 15 is 0 Å². The van der Waals surface area contributed by atoms with Crippen molar-refractivity contribution in [2.75, 3.05) is 0 Å². The van der Waals surface area contributed by atoms with Crippen LogP contribution in [0.3, 0.4) is 0 Å². The molecule has 0 atom stereocenters. The molecule has 6 rings (SSSR count). The SMILES string of the molecule is Cc1cc(-c2cc(C(C)(C)C)cc(C(C)(C)C)c2)c2cc(C(C)C)[cH-]c2c1C.Cc1cc(-c2cc(C(C)(C)C)cc(C(C)(C)C)c2)c2cc(C(C)C)[cH-]c2c1C.[CH2-]C.[Cl][Zr][Cl]. The van der Waals surface area contributed by atoms with Gasteiger partial charge < -0.3 is 6.92 Å². The van der Waals surface area contributed by atoms with Crippen LogP contribution in [0.15, 0.2) is 72.8 Å². The number of halogens is 2. The topological polar surface area (TPSA) is 0 Å². The fourth-order valence-electron chi connectivity index (χ4n) is 7.80. The van der Waals surface area contributed by atoms with Gasteiger partial charge in [0.2, 0.25) is 0 Å². The molecule has 61 heavy (non-hydrogen) atoms. The van der Waals surface area contributed by atoms with Crippen LogP contribution in [0.5, 0.6) is 0 Å². The monoisotopic (exact) mass is 935 g/mol. The quantitative estimate of drug-likeness (QED) is 0.155. The molecule has 0 fully saturated rings. The van der Waals surface area contributed by atoms with E-state index in [1.54, 1.807) is 6.92 Å². The Balaban J connectivity index is 0.000000294. The van der Waals surface area contributed by atoms with E-state index in [1.807, 2.05) is 0 Å². The van der Waals surface area contributed by atoms with Gasteiger partial charge in [-0.1, -0.05) is 195 Å². The van der Waals surface area contributed by atoms with E-state index in [4.69, 9.17) is 17.0 Å². The first-order valence-corrected chi connectivity index (χ1v) is 28.7. The van der Waals surface area contributed by atoms with E-state index in [2.05, 4.69) is 218 Å². The molecule has 0 unspecified atom stereocenters. The van der Waals surface area contributed by atoms with E-state index in [-0.39, 0.29) is 21.7 Å². The van der Waals surface area contributed by atoms with Crippen LogP contribution < -0.4 is 0 Å². The van der Waals surface area contributed by atoms with Crippen molar-refractivity contribution in [3.63, 3.8) is 0 Å². The fourth-order valence-corrected chi connectivity index (χ4v) is 7.80. The van der Waals surface area contributed by atoms with Gasteiger partial charge in [0.05, 0.1) is 0 Å². The van der Waals surface area contributed by atoms with Crippen LogP contribution in [0.25, 0.3) is 43.8 Å². The molecular formula is C58H79Cl2Zr-3. The van der Waals surface area contributed by atoms with Gasteiger partial charge in [-0.3, -0.25) is 0 Å². The summed E-state index contributed by atoms with van der Waals surface area (Å²) in [5.41, 5.74) is 20.1. The van der Waals surface area contributed by atoms with Crippen LogP contribution in [-0.4, -0.2) is 0 Å². The molecule has 0 aliphatic carbocycles. The standard InChI is InChI=1S/2C28H37.C2H5.2ClH.Zr/c2*1-17(2)20-14-24-19(4)18(3)11-25(26(24)15-20)21-12-22(27(5,6)7)16-23(13-21)28(8,9)10;1-2;;;/h2*11-17H,1-10H3;1H2,2H3;2*1H;/q3*-1;;;+2/p-2. The van der Waals surface area contributed by atoms with Crippen LogP contribution >= 0.6 is 17.0 Å². The molecule has 0 nitrogen and oxygen atoms in total. The molecule has 0 N–H and O–H groups in total. The van der Waals surface area contributed by atoms with Crippen molar-refractivity contribution in [2.45, 2.75) is 179 Å². The maximum absolute atomic E-state index is 4.93. The van der Waals surface area contributed by atoms with Crippen molar-refractivity contribution >= 4 is 38.6 Å². The minimum absolute atomic E-state index is 0.129. The first-order chi connectivity index (χ1) is 28.0. The van der Waals surface area contributed by atoms with Gasteiger partial charge in [-0.2, -0.15) is 19.1 Å². The van der Waals surface area contributed by atoms with E-state index < -0.39 is 20.8 Å². The molecule has 332 valence electrons. The summed E-state index contributed by atoms with van der Waals surface area (Å²) in [6.07, 6.45) is 0. The van der Waals surface area contributed by atoms with Crippen LogP contribution in [0.4, 0.5) is 0 Å². The average Bonchev–Trinajstić information content (AvgIpc) is 3.81. The third kappa shape index (κ3) is 12.9. The number of fused-ring (bicyclic) bond motifs is 2. The summed E-state index contributed by atoms with van der Waals surface area (Å²) in [7, 11) is 9.87. The Kier molecular flexibility index (Phi) is 17.9. The summed E-state index contributed by atoms with van der Waals surface area (Å²) in [5.74, 6) is 1.09. The normalized spacial score (nSPS) is 12.2. The molecule has 0 aromatic heterocycles. The number of aryl methyl sites for hydroxylation is 4. The number of hydrogen-bond donors (Lipinski definition) is 0. The summed E-state index contributed by atoms with van der Waals surface area (Å²) in [6, 6.07) is 28.9. The molecule has 0 amide bonds. The van der Waals surface area contributed by atoms with Crippen LogP contribution in [0.2, 0.25) is 0 Å². The van der Waals surface area contributed by atoms with Crippen molar-refractivity contribution < 1.29 is 20.8 Å². The van der Waals surface area contributed by atoms with Crippen molar-refractivity contribution in [1.82, 2.24) is 0 Å². The zero-order valence-electron chi connectivity index (χ0n) is 42.0. The second kappa shape index (κ2) is 20.6. The summed E-state index contributed by atoms with van der Waals surface area (Å²) >= 11 is -0.826. The Bertz CT molecular complexity index is 2160. The predicted molar refractivity (Wildman–Crippen MR) is 275 cm³/mol. The van der Waals surface area contributed by atoms with Gasteiger partial charge in [-0.05, 0) is 80.7 Å². The molecule has 0 radical (unpaired) electrons. The Hall–Kier alpha value is -2.44. The molecule has 0 bridgehead atoms. The first kappa shape index (κ1) is 52.9. The van der Waals surface area contributed by atoms with Crippen LogP contribution in [0.1, 0.15) is 185 Å². The molecular weight excluding hydrogens is 859 g/mol. The van der Waals surface area contributed by atoms with Crippen LogP contribution in [0, 0.1) is 34.6 Å². The average molecular weight is 938 g/mol. The zero-order chi connectivity index (χ0) is 46.7. The maximum atomic E-state index is 4.93. The van der Waals surface area contributed by atoms with Gasteiger partial charge in [-0.15, -0.1) is 55.9 Å². The molecule has 6 aromatic carbocycles. The first-order valence-electron chi connectivity index (χ1n) is 22.4. The summed E-state index contributed by atoms with van der Waals surface area (Å²) in [6.45, 7) is 50.9. The molecule has 0 heterocycles. The Morgan fingerprint density at radius 2 is 0.689 bits per heavy atom. The number of rotatable bonds is 4. The van der Waals surface area contributed by atoms with Gasteiger partial charge in [-0.25, -0.2) is 0 Å². The summed E-state index contributed by atoms with van der Waals surface area (Å²) in [5, 5.41) is 5.63. The second-order valence-corrected chi connectivity index (χ2v) is 25.7. The number of hydrogen-bond acceptors (Lipinski definition) is 0. The van der Waals surface area contributed by atoms with Gasteiger partial charge in [0.25, 0.3) is 0 Å². The van der Waals surface area contributed by atoms with Crippen molar-refractivity contribution in [3.05, 3.63) is 135 Å². The molecule has 6 aromatic rings. The summed E-state index contributed by atoms with van der Waals surface area (Å²) in [4.78, 5) is 0. The molecule has 0 saturated carbocycles. The molecule has 0 saturated heterocycles. The summed E-state index contributed by atoms with van der Waals surface area (Å²) < 4.78 is 0. The Morgan fingerprint density at radius 1 is 0.443 bits per heavy atom. The van der Waals surface area contributed by atoms with E-state index in [0.717, 1.165) is 0 Å². The molecule has 0 aliphatic heterocycles. The number of benzene rings is 4. The van der Waals surface area contributed by atoms with Crippen molar-refractivity contribution in [2.24, 2.45) is 0 Å². The predicted octanol–water partition coefficient (Wildman–Crippen LogP) is 19.3. The van der Waals surface area contributed by atoms with Crippen LogP contribution in [-0.2, 0) is 42.5 Å². The molecule has 0 aliphatic rings. The van der Waals surface area contributed by atoms with Gasteiger partial charge in [0, 0.05) is 0 Å². The molecule has 0 spiro atoms. The van der Waals surface area contributed by atoms with Gasteiger partial charge in [0.1, 0.15) is 0 Å². The van der Waals surface area contributed by atoms with E-state index in [9.17, 15) is 0 Å². The van der Waals surface area contributed by atoms with Gasteiger partial charge in [0.15, 0.2) is 0 Å². The van der Waals surface area contributed by atoms with Crippen molar-refractivity contribution in [3.8, 4) is 22.3 Å². The van der Waals surface area contributed by atoms with Crippen molar-refractivity contribution in [1.29, 1.82) is 0 Å². The third-order valence-corrected chi connectivity index (χ3v) is 12.4. The zero-order valence-corrected chi connectivity index (χ0v) is 46.0. The van der Waals surface area contributed by atoms with E-state index in [1.165, 1.54) is 99.4 Å². The third-order valence-electron chi connectivity index (χ3n) is 12.4. The van der Waals surface area contributed by atoms with Gasteiger partial charge >= 0.3 is 37.9 Å². The Morgan fingerprint density at radius 3 is 0.902 bits per heavy atom. The Labute approximate surface area is 393 Å². The van der Waals surface area contributed by atoms with E-state index in [0.29, 0.717) is 11.8 Å². The fraction of sp³-hybridized carbons (Fsp3) is 0.466. The molecule has 3 heteroatoms. The second-order valence-electron chi connectivity index (χ2n) is 21.9. The minimum atomic E-state index is -0.826.